The summed E-state index contributed by atoms with van der Waals surface area (Å²) in [4.78, 5) is 51.0. The number of benzene rings is 1. The molecule has 12 heteroatoms. The van der Waals surface area contributed by atoms with Crippen LogP contribution in [0.2, 0.25) is 0 Å². The van der Waals surface area contributed by atoms with Gasteiger partial charge in [-0.25, -0.2) is 8.78 Å². The minimum Gasteiger partial charge on any atom is -0.374 e. The molecule has 0 aromatic heterocycles. The Morgan fingerprint density at radius 2 is 1.76 bits per heavy atom. The minimum absolute atomic E-state index is 0.0394. The summed E-state index contributed by atoms with van der Waals surface area (Å²) in [5.41, 5.74) is 0.151. The van der Waals surface area contributed by atoms with E-state index in [9.17, 15) is 28.0 Å². The summed E-state index contributed by atoms with van der Waals surface area (Å²) in [6.07, 6.45) is 3.45. The van der Waals surface area contributed by atoms with Gasteiger partial charge in [0.05, 0.1) is 6.54 Å². The van der Waals surface area contributed by atoms with E-state index in [1.165, 1.54) is 19.2 Å². The maximum atomic E-state index is 14.9. The lowest BCUT2D eigenvalue weighted by Crippen LogP contribution is -2.72. The number of hydrogen-bond acceptors (Lipinski definition) is 7. The van der Waals surface area contributed by atoms with Gasteiger partial charge < -0.3 is 35.4 Å². The van der Waals surface area contributed by atoms with E-state index in [1.54, 1.807) is 9.80 Å². The molecule has 10 nitrogen and oxygen atoms in total. The molecule has 1 spiro atoms. The summed E-state index contributed by atoms with van der Waals surface area (Å²) in [6, 6.07) is 1.62. The molecule has 208 valence electrons. The number of likely N-dealkylation sites (N-methyl/N-ethyl adjacent to an activating group) is 1. The molecule has 0 saturated carbocycles. The van der Waals surface area contributed by atoms with Crippen LogP contribution >= 0.6 is 0 Å². The Morgan fingerprint density at radius 1 is 1.11 bits per heavy atom. The number of aldehydes is 1. The summed E-state index contributed by atoms with van der Waals surface area (Å²) < 4.78 is 29.9. The smallest absolute Gasteiger partial charge is 0.242 e. The standard InChI is InChI=1S/C26H36F2N6O4/c1-29-25(38)22(3-2-8-35)31-19-9-20(27)24(21(28)10-19)34-15-26(16-34)13-32(14-26)12-18-4-6-33(7-5-18)23(37)11-30-17-36/h8-10,17-18,22,31H,2-7,11-16H2,1H3,(H,29,38)(H,30,36). The fourth-order valence-corrected chi connectivity index (χ4v) is 5.95. The normalized spacial score (nSPS) is 19.8. The Balaban J connectivity index is 1.24. The number of rotatable bonds is 12. The fraction of sp³-hybridized carbons (Fsp3) is 0.615. The van der Waals surface area contributed by atoms with E-state index in [4.69, 9.17) is 0 Å². The predicted octanol–water partition coefficient (Wildman–Crippen LogP) is 0.577. The Labute approximate surface area is 221 Å². The fourth-order valence-electron chi connectivity index (χ4n) is 5.95. The molecule has 1 aromatic rings. The highest BCUT2D eigenvalue weighted by Gasteiger charge is 2.52. The summed E-state index contributed by atoms with van der Waals surface area (Å²) >= 11 is 0. The van der Waals surface area contributed by atoms with Gasteiger partial charge in [-0.05, 0) is 37.3 Å². The van der Waals surface area contributed by atoms with Crippen LogP contribution in [0.15, 0.2) is 12.1 Å². The molecule has 1 unspecified atom stereocenters. The van der Waals surface area contributed by atoms with Crippen molar-refractivity contribution < 1.29 is 28.0 Å². The Morgan fingerprint density at radius 3 is 2.34 bits per heavy atom. The second-order valence-electron chi connectivity index (χ2n) is 10.7. The van der Waals surface area contributed by atoms with Crippen LogP contribution in [-0.2, 0) is 19.2 Å². The molecule has 1 atom stereocenters. The van der Waals surface area contributed by atoms with E-state index >= 15 is 0 Å². The van der Waals surface area contributed by atoms with Gasteiger partial charge in [-0.15, -0.1) is 0 Å². The molecule has 3 heterocycles. The molecule has 3 N–H and O–H groups in total. The highest BCUT2D eigenvalue weighted by molar-refractivity contribution is 5.84. The van der Waals surface area contributed by atoms with Crippen molar-refractivity contribution in [2.75, 3.05) is 69.6 Å². The number of carbonyl (C=O) groups is 4. The summed E-state index contributed by atoms with van der Waals surface area (Å²) in [7, 11) is 1.46. The van der Waals surface area contributed by atoms with Crippen LogP contribution in [0.25, 0.3) is 0 Å². The molecule has 0 bridgehead atoms. The van der Waals surface area contributed by atoms with Crippen LogP contribution in [0.5, 0.6) is 0 Å². The zero-order chi connectivity index (χ0) is 27.3. The van der Waals surface area contributed by atoms with Crippen molar-refractivity contribution in [3.63, 3.8) is 0 Å². The lowest BCUT2D eigenvalue weighted by molar-refractivity contribution is -0.133. The number of amides is 3. The lowest BCUT2D eigenvalue weighted by atomic mass is 9.72. The molecule has 0 aliphatic carbocycles. The Bertz CT molecular complexity index is 1010. The van der Waals surface area contributed by atoms with Crippen molar-refractivity contribution in [3.05, 3.63) is 23.8 Å². The first kappa shape index (κ1) is 27.7. The van der Waals surface area contributed by atoms with Gasteiger partial charge in [0.25, 0.3) is 0 Å². The molecule has 0 radical (unpaired) electrons. The average molecular weight is 535 g/mol. The minimum atomic E-state index is -0.768. The van der Waals surface area contributed by atoms with Gasteiger partial charge in [0.2, 0.25) is 18.2 Å². The van der Waals surface area contributed by atoms with Crippen LogP contribution in [0.3, 0.4) is 0 Å². The van der Waals surface area contributed by atoms with Crippen LogP contribution in [0.4, 0.5) is 20.2 Å². The third kappa shape index (κ3) is 6.23. The Hall–Kier alpha value is -3.28. The number of piperidine rings is 1. The van der Waals surface area contributed by atoms with Crippen LogP contribution in [-0.4, -0.2) is 99.8 Å². The number of carbonyl (C=O) groups excluding carboxylic acids is 4. The van der Waals surface area contributed by atoms with Crippen LogP contribution in [0, 0.1) is 23.0 Å². The molecular weight excluding hydrogens is 498 g/mol. The van der Waals surface area contributed by atoms with Crippen molar-refractivity contribution in [2.45, 2.75) is 31.7 Å². The zero-order valence-corrected chi connectivity index (χ0v) is 21.7. The maximum absolute atomic E-state index is 14.9. The van der Waals surface area contributed by atoms with Gasteiger partial charge in [0, 0.05) is 70.4 Å². The van der Waals surface area contributed by atoms with Crippen molar-refractivity contribution in [1.82, 2.24) is 20.4 Å². The highest BCUT2D eigenvalue weighted by Crippen LogP contribution is 2.44. The molecule has 4 rings (SSSR count). The number of nitrogens with zero attached hydrogens (tertiary/aromatic N) is 3. The first-order chi connectivity index (χ1) is 18.3. The van der Waals surface area contributed by atoms with E-state index in [0.717, 1.165) is 32.5 Å². The van der Waals surface area contributed by atoms with Crippen LogP contribution < -0.4 is 20.9 Å². The molecule has 3 amide bonds. The van der Waals surface area contributed by atoms with Crippen LogP contribution in [0.1, 0.15) is 25.7 Å². The monoisotopic (exact) mass is 534 g/mol. The lowest BCUT2D eigenvalue weighted by Gasteiger charge is -2.61. The number of halogens is 2. The third-order valence-electron chi connectivity index (χ3n) is 7.80. The summed E-state index contributed by atoms with van der Waals surface area (Å²) in [6.45, 7) is 5.33. The summed E-state index contributed by atoms with van der Waals surface area (Å²) in [5.74, 6) is -1.28. The SMILES string of the molecule is CNC(=O)C(CCC=O)Nc1cc(F)c(N2CC3(CN(CC4CCN(C(=O)CNC=O)CC4)C3)C2)c(F)c1. The average Bonchev–Trinajstić information content (AvgIpc) is 2.86. The Kier molecular flexibility index (Phi) is 8.80. The highest BCUT2D eigenvalue weighted by atomic mass is 19.1. The molecular formula is C26H36F2N6O4. The van der Waals surface area contributed by atoms with Gasteiger partial charge in [0.1, 0.15) is 18.0 Å². The van der Waals surface area contributed by atoms with Gasteiger partial charge in [-0.2, -0.15) is 0 Å². The van der Waals surface area contributed by atoms with Gasteiger partial charge >= 0.3 is 0 Å². The second kappa shape index (κ2) is 12.1. The molecule has 3 fully saturated rings. The molecule has 3 saturated heterocycles. The van der Waals surface area contributed by atoms with E-state index in [-0.39, 0.29) is 48.0 Å². The van der Waals surface area contributed by atoms with E-state index in [2.05, 4.69) is 20.9 Å². The summed E-state index contributed by atoms with van der Waals surface area (Å²) in [5, 5.41) is 7.74. The molecule has 3 aliphatic rings. The van der Waals surface area contributed by atoms with E-state index in [0.29, 0.717) is 44.8 Å². The quantitative estimate of drug-likeness (QED) is 0.336. The number of anilines is 2. The maximum Gasteiger partial charge on any atom is 0.242 e. The van der Waals surface area contributed by atoms with Crippen molar-refractivity contribution in [3.8, 4) is 0 Å². The van der Waals surface area contributed by atoms with Gasteiger partial charge in [-0.3, -0.25) is 14.4 Å². The first-order valence-electron chi connectivity index (χ1n) is 13.1. The largest absolute Gasteiger partial charge is 0.374 e. The number of likely N-dealkylation sites (tertiary alicyclic amines) is 2. The number of hydrogen-bond donors (Lipinski definition) is 3. The molecule has 1 aromatic carbocycles. The van der Waals surface area contributed by atoms with E-state index < -0.39 is 17.7 Å². The molecule has 3 aliphatic heterocycles. The van der Waals surface area contributed by atoms with Gasteiger partial charge in [0.15, 0.2) is 11.6 Å². The van der Waals surface area contributed by atoms with Crippen molar-refractivity contribution in [2.24, 2.45) is 11.3 Å². The first-order valence-corrected chi connectivity index (χ1v) is 13.1. The third-order valence-corrected chi connectivity index (χ3v) is 7.80. The topological polar surface area (TPSA) is 114 Å². The van der Waals surface area contributed by atoms with Crippen molar-refractivity contribution in [1.29, 1.82) is 0 Å². The van der Waals surface area contributed by atoms with Crippen molar-refractivity contribution >= 4 is 35.9 Å². The predicted molar refractivity (Wildman–Crippen MR) is 138 cm³/mol. The zero-order valence-electron chi connectivity index (χ0n) is 21.7. The second-order valence-corrected chi connectivity index (χ2v) is 10.7. The number of nitrogens with one attached hydrogen (secondary N) is 3. The molecule has 38 heavy (non-hydrogen) atoms. The van der Waals surface area contributed by atoms with E-state index in [1.807, 2.05) is 0 Å². The van der Waals surface area contributed by atoms with Gasteiger partial charge in [-0.1, -0.05) is 0 Å².